The lowest BCUT2D eigenvalue weighted by atomic mass is 10.1. The second-order valence-corrected chi connectivity index (χ2v) is 6.02. The molecule has 0 amide bonds. The highest BCUT2D eigenvalue weighted by atomic mass is 35.5. The van der Waals surface area contributed by atoms with Gasteiger partial charge >= 0.3 is 0 Å². The van der Waals surface area contributed by atoms with Gasteiger partial charge in [0, 0.05) is 17.5 Å². The molecule has 2 aromatic carbocycles. The molecule has 0 aliphatic heterocycles. The summed E-state index contributed by atoms with van der Waals surface area (Å²) in [6, 6.07) is 15.9. The van der Waals surface area contributed by atoms with Crippen LogP contribution in [0.5, 0.6) is 11.5 Å². The molecule has 0 unspecified atom stereocenters. The quantitative estimate of drug-likeness (QED) is 0.770. The van der Waals surface area contributed by atoms with Gasteiger partial charge in [0.25, 0.3) is 5.56 Å². The van der Waals surface area contributed by atoms with E-state index in [1.54, 1.807) is 24.3 Å². The van der Waals surface area contributed by atoms with Gasteiger partial charge in [-0.05, 0) is 48.4 Å². The first-order valence-electron chi connectivity index (χ1n) is 7.56. The molecule has 25 heavy (non-hydrogen) atoms. The van der Waals surface area contributed by atoms with Crippen LogP contribution in [0.3, 0.4) is 0 Å². The Bertz CT molecular complexity index is 1000. The van der Waals surface area contributed by atoms with Crippen molar-refractivity contribution >= 4 is 11.6 Å². The number of aryl methyl sites for hydroxylation is 1. The van der Waals surface area contributed by atoms with Crippen LogP contribution >= 0.6 is 11.6 Å². The maximum absolute atomic E-state index is 11.1. The number of rotatable bonds is 4. The summed E-state index contributed by atoms with van der Waals surface area (Å²) in [7, 11) is 0. The first-order chi connectivity index (χ1) is 12.0. The molecule has 0 saturated heterocycles. The van der Waals surface area contributed by atoms with Crippen LogP contribution in [0.2, 0.25) is 5.02 Å². The summed E-state index contributed by atoms with van der Waals surface area (Å²) in [6.07, 6.45) is 0.562. The van der Waals surface area contributed by atoms with Gasteiger partial charge in [-0.1, -0.05) is 23.7 Å². The highest BCUT2D eigenvalue weighted by Gasteiger charge is 2.07. The fourth-order valence-corrected chi connectivity index (χ4v) is 2.58. The van der Waals surface area contributed by atoms with Crippen LogP contribution in [0.4, 0.5) is 0 Å². The van der Waals surface area contributed by atoms with Crippen LogP contribution in [0, 0.1) is 18.3 Å². The number of nitriles is 1. The molecule has 3 rings (SSSR count). The third-order valence-corrected chi connectivity index (χ3v) is 3.82. The molecule has 1 aromatic heterocycles. The minimum absolute atomic E-state index is 0.231. The zero-order valence-corrected chi connectivity index (χ0v) is 14.2. The highest BCUT2D eigenvalue weighted by molar-refractivity contribution is 6.30. The van der Waals surface area contributed by atoms with E-state index in [1.165, 1.54) is 6.07 Å². The summed E-state index contributed by atoms with van der Waals surface area (Å²) < 4.78 is 5.92. The zero-order valence-electron chi connectivity index (χ0n) is 13.4. The van der Waals surface area contributed by atoms with Gasteiger partial charge in [0.1, 0.15) is 11.5 Å². The number of hydrogen-bond donors (Lipinski definition) is 1. The maximum atomic E-state index is 11.1. The molecule has 1 heterocycles. The number of benzene rings is 2. The number of aromatic amines is 1. The van der Waals surface area contributed by atoms with E-state index in [1.807, 2.05) is 25.1 Å². The highest BCUT2D eigenvalue weighted by Crippen LogP contribution is 2.29. The fraction of sp³-hybridized carbons (Fsp3) is 0.105. The third-order valence-electron chi connectivity index (χ3n) is 3.60. The summed E-state index contributed by atoms with van der Waals surface area (Å²) in [5.41, 5.74) is 2.91. The van der Waals surface area contributed by atoms with Crippen molar-refractivity contribution in [2.75, 3.05) is 0 Å². The molecule has 124 valence electrons. The molecule has 0 fully saturated rings. The van der Waals surface area contributed by atoms with E-state index in [9.17, 15) is 4.79 Å². The number of ether oxygens (including phenoxy) is 1. The number of aromatic nitrogens is 2. The van der Waals surface area contributed by atoms with E-state index < -0.39 is 0 Å². The summed E-state index contributed by atoms with van der Waals surface area (Å²) >= 11 is 6.02. The fourth-order valence-electron chi connectivity index (χ4n) is 2.36. The van der Waals surface area contributed by atoms with Crippen LogP contribution in [-0.2, 0) is 6.42 Å². The van der Waals surface area contributed by atoms with Crippen molar-refractivity contribution in [3.63, 3.8) is 0 Å². The smallest absolute Gasteiger partial charge is 0.264 e. The summed E-state index contributed by atoms with van der Waals surface area (Å²) in [6.45, 7) is 1.94. The summed E-state index contributed by atoms with van der Waals surface area (Å²) in [4.78, 5) is 11.1. The number of hydrogen-bond acceptors (Lipinski definition) is 4. The lowest BCUT2D eigenvalue weighted by molar-refractivity contribution is 0.478. The molecule has 0 saturated carbocycles. The molecule has 5 nitrogen and oxygen atoms in total. The Labute approximate surface area is 149 Å². The third kappa shape index (κ3) is 4.25. The van der Waals surface area contributed by atoms with Gasteiger partial charge < -0.3 is 4.74 Å². The van der Waals surface area contributed by atoms with Gasteiger partial charge in [0.2, 0.25) is 0 Å². The summed E-state index contributed by atoms with van der Waals surface area (Å²) in [5.74, 6) is 1.18. The van der Waals surface area contributed by atoms with Gasteiger partial charge in [-0.2, -0.15) is 10.4 Å². The maximum Gasteiger partial charge on any atom is 0.264 e. The molecule has 0 spiro atoms. The van der Waals surface area contributed by atoms with E-state index in [4.69, 9.17) is 21.6 Å². The minimum Gasteiger partial charge on any atom is -0.457 e. The molecular formula is C19H14ClN3O2. The monoisotopic (exact) mass is 351 g/mol. The Morgan fingerprint density at radius 1 is 1.20 bits per heavy atom. The predicted molar refractivity (Wildman–Crippen MR) is 95.1 cm³/mol. The normalized spacial score (nSPS) is 10.3. The average Bonchev–Trinajstić information content (AvgIpc) is 2.59. The van der Waals surface area contributed by atoms with Crippen LogP contribution < -0.4 is 10.3 Å². The second-order valence-electron chi connectivity index (χ2n) is 5.58. The average molecular weight is 352 g/mol. The Hall–Kier alpha value is -3.10. The van der Waals surface area contributed by atoms with Crippen LogP contribution in [0.15, 0.2) is 53.3 Å². The molecule has 0 aliphatic carbocycles. The van der Waals surface area contributed by atoms with Crippen LogP contribution in [0.25, 0.3) is 0 Å². The minimum atomic E-state index is -0.231. The number of nitrogens with one attached hydrogen (secondary N) is 1. The number of nitrogens with zero attached hydrogens (tertiary/aromatic N) is 2. The van der Waals surface area contributed by atoms with Gasteiger partial charge in [-0.15, -0.1) is 0 Å². The molecule has 1 N–H and O–H groups in total. The van der Waals surface area contributed by atoms with Crippen molar-refractivity contribution < 1.29 is 4.74 Å². The van der Waals surface area contributed by atoms with E-state index in [-0.39, 0.29) is 5.56 Å². The number of H-pyrrole nitrogens is 1. The zero-order chi connectivity index (χ0) is 17.8. The standard InChI is InChI=1S/C19H14ClN3O2/c1-12-2-3-13(7-16-4-5-19(24)23-22-16)9-18(12)25-17-8-14(11-21)6-15(20)10-17/h2-6,8-10H,7H2,1H3,(H,23,24). The Balaban J connectivity index is 1.87. The molecular weight excluding hydrogens is 338 g/mol. The van der Waals surface area contributed by atoms with E-state index >= 15 is 0 Å². The second kappa shape index (κ2) is 7.20. The number of halogens is 1. The summed E-state index contributed by atoms with van der Waals surface area (Å²) in [5, 5.41) is 15.9. The van der Waals surface area contributed by atoms with Gasteiger partial charge in [0.05, 0.1) is 17.3 Å². The predicted octanol–water partition coefficient (Wildman–Crippen LogP) is 3.99. The first-order valence-corrected chi connectivity index (χ1v) is 7.94. The largest absolute Gasteiger partial charge is 0.457 e. The molecule has 6 heteroatoms. The van der Waals surface area contributed by atoms with Crippen molar-refractivity contribution in [3.8, 4) is 17.6 Å². The Morgan fingerprint density at radius 2 is 2.04 bits per heavy atom. The lowest BCUT2D eigenvalue weighted by Crippen LogP contribution is -2.07. The molecule has 0 atom stereocenters. The van der Waals surface area contributed by atoms with Gasteiger partial charge in [-0.3, -0.25) is 4.79 Å². The van der Waals surface area contributed by atoms with Crippen molar-refractivity contribution in [2.24, 2.45) is 0 Å². The Morgan fingerprint density at radius 3 is 2.76 bits per heavy atom. The molecule has 0 bridgehead atoms. The van der Waals surface area contributed by atoms with Crippen molar-refractivity contribution in [1.29, 1.82) is 5.26 Å². The Kier molecular flexibility index (Phi) is 4.82. The van der Waals surface area contributed by atoms with E-state index in [0.717, 1.165) is 16.8 Å². The van der Waals surface area contributed by atoms with Crippen LogP contribution in [0.1, 0.15) is 22.4 Å². The topological polar surface area (TPSA) is 78.8 Å². The van der Waals surface area contributed by atoms with Crippen molar-refractivity contribution in [3.05, 3.63) is 86.3 Å². The molecule has 0 aliphatic rings. The van der Waals surface area contributed by atoms with Crippen LogP contribution in [-0.4, -0.2) is 10.2 Å². The van der Waals surface area contributed by atoms with Crippen molar-refractivity contribution in [1.82, 2.24) is 10.2 Å². The first kappa shape index (κ1) is 16.7. The van der Waals surface area contributed by atoms with E-state index in [0.29, 0.717) is 28.5 Å². The van der Waals surface area contributed by atoms with Crippen molar-refractivity contribution in [2.45, 2.75) is 13.3 Å². The van der Waals surface area contributed by atoms with Gasteiger partial charge in [-0.25, -0.2) is 5.10 Å². The SMILES string of the molecule is Cc1ccc(Cc2ccc(=O)[nH]n2)cc1Oc1cc(Cl)cc(C#N)c1. The van der Waals surface area contributed by atoms with Gasteiger partial charge in [0.15, 0.2) is 0 Å². The van der Waals surface area contributed by atoms with E-state index in [2.05, 4.69) is 16.3 Å². The molecule has 3 aromatic rings. The lowest BCUT2D eigenvalue weighted by Gasteiger charge is -2.11. The molecule has 0 radical (unpaired) electrons.